The lowest BCUT2D eigenvalue weighted by Gasteiger charge is -1.98. The molecule has 0 spiro atoms. The molecule has 2 rings (SSSR count). The Morgan fingerprint density at radius 2 is 1.94 bits per heavy atom. The summed E-state index contributed by atoms with van der Waals surface area (Å²) in [5, 5.41) is 21.7. The molecule has 5 nitrogen and oxygen atoms in total. The number of benzene rings is 1. The zero-order valence-electron chi connectivity index (χ0n) is 8.47. The van der Waals surface area contributed by atoms with Crippen molar-refractivity contribution in [2.24, 2.45) is 0 Å². The summed E-state index contributed by atoms with van der Waals surface area (Å²) in [6.45, 7) is 1.57. The van der Waals surface area contributed by atoms with Crippen LogP contribution in [0.1, 0.15) is 16.1 Å². The number of carbonyl (C=O) groups is 1. The van der Waals surface area contributed by atoms with E-state index < -0.39 is 5.97 Å². The van der Waals surface area contributed by atoms with Crippen molar-refractivity contribution in [3.63, 3.8) is 0 Å². The predicted octanol–water partition coefficient (Wildman–Crippen LogP) is 2.05. The maximum atomic E-state index is 11.0. The van der Waals surface area contributed by atoms with E-state index in [0.717, 1.165) is 0 Å². The molecule has 0 unspecified atom stereocenters. The normalized spacial score (nSPS) is 10.3. The quantitative estimate of drug-likeness (QED) is 0.807. The molecule has 0 radical (unpaired) electrons. The Bertz CT molecular complexity index is 527. The highest BCUT2D eigenvalue weighted by atomic mass is 16.5. The molecular weight excluding hydrogens is 210 g/mol. The molecule has 1 heterocycles. The van der Waals surface area contributed by atoms with Crippen LogP contribution in [0.2, 0.25) is 0 Å². The van der Waals surface area contributed by atoms with Crippen molar-refractivity contribution in [1.29, 1.82) is 0 Å². The van der Waals surface area contributed by atoms with E-state index in [1.807, 2.05) is 0 Å². The van der Waals surface area contributed by atoms with Gasteiger partial charge in [-0.05, 0) is 31.2 Å². The Balaban J connectivity index is 2.56. The Kier molecular flexibility index (Phi) is 2.36. The second kappa shape index (κ2) is 3.69. The maximum Gasteiger partial charge on any atom is 0.341 e. The number of aryl methyl sites for hydroxylation is 1. The molecule has 0 saturated heterocycles. The number of aromatic hydroxyl groups is 1. The Morgan fingerprint density at radius 1 is 1.31 bits per heavy atom. The molecule has 0 atom stereocenters. The van der Waals surface area contributed by atoms with Crippen LogP contribution in [0.3, 0.4) is 0 Å². The van der Waals surface area contributed by atoms with Crippen LogP contribution in [-0.4, -0.2) is 21.3 Å². The van der Waals surface area contributed by atoms with E-state index in [0.29, 0.717) is 11.3 Å². The van der Waals surface area contributed by atoms with Crippen LogP contribution in [0, 0.1) is 6.92 Å². The number of carboxylic acids is 1. The topological polar surface area (TPSA) is 83.6 Å². The molecule has 16 heavy (non-hydrogen) atoms. The molecule has 2 N–H and O–H groups in total. The average Bonchev–Trinajstić information content (AvgIpc) is 2.61. The fraction of sp³-hybridized carbons (Fsp3) is 0.0909. The number of carboxylic acid groups (broad SMARTS) is 1. The number of hydrogen-bond donors (Lipinski definition) is 2. The van der Waals surface area contributed by atoms with Crippen molar-refractivity contribution in [2.45, 2.75) is 6.92 Å². The van der Waals surface area contributed by atoms with Crippen molar-refractivity contribution in [1.82, 2.24) is 5.16 Å². The molecule has 0 fully saturated rings. The summed E-state index contributed by atoms with van der Waals surface area (Å²) in [6, 6.07) is 6.06. The van der Waals surface area contributed by atoms with E-state index in [2.05, 4.69) is 5.16 Å². The maximum absolute atomic E-state index is 11.0. The summed E-state index contributed by atoms with van der Waals surface area (Å²) in [7, 11) is 0. The minimum absolute atomic E-state index is 0.0469. The fourth-order valence-corrected chi connectivity index (χ4v) is 1.43. The van der Waals surface area contributed by atoms with Gasteiger partial charge in [0.1, 0.15) is 11.3 Å². The monoisotopic (exact) mass is 219 g/mol. The Morgan fingerprint density at radius 3 is 2.50 bits per heavy atom. The molecule has 5 heteroatoms. The number of rotatable bonds is 2. The number of aromatic nitrogens is 1. The fourth-order valence-electron chi connectivity index (χ4n) is 1.43. The summed E-state index contributed by atoms with van der Waals surface area (Å²) < 4.78 is 4.97. The van der Waals surface area contributed by atoms with Gasteiger partial charge < -0.3 is 14.7 Å². The van der Waals surface area contributed by atoms with Gasteiger partial charge in [-0.15, -0.1) is 0 Å². The highest BCUT2D eigenvalue weighted by Crippen LogP contribution is 2.27. The van der Waals surface area contributed by atoms with Gasteiger partial charge in [0.2, 0.25) is 0 Å². The molecule has 1 aromatic heterocycles. The van der Waals surface area contributed by atoms with Crippen LogP contribution < -0.4 is 0 Å². The molecule has 0 bridgehead atoms. The number of phenolic OH excluding ortho intramolecular Hbond substituents is 1. The molecule has 0 amide bonds. The lowest BCUT2D eigenvalue weighted by Crippen LogP contribution is -1.98. The Labute approximate surface area is 90.9 Å². The van der Waals surface area contributed by atoms with E-state index in [-0.39, 0.29) is 17.1 Å². The second-order valence-corrected chi connectivity index (χ2v) is 3.32. The number of hydrogen-bond acceptors (Lipinski definition) is 4. The van der Waals surface area contributed by atoms with Crippen LogP contribution in [-0.2, 0) is 0 Å². The third kappa shape index (κ3) is 1.63. The van der Waals surface area contributed by atoms with Crippen molar-refractivity contribution in [2.75, 3.05) is 0 Å². The summed E-state index contributed by atoms with van der Waals surface area (Å²) in [6.07, 6.45) is 0. The number of aromatic carboxylic acids is 1. The zero-order valence-corrected chi connectivity index (χ0v) is 8.47. The summed E-state index contributed by atoms with van der Waals surface area (Å²) in [5.41, 5.74) is 0.942. The van der Waals surface area contributed by atoms with E-state index in [1.165, 1.54) is 12.1 Å². The molecule has 2 aromatic rings. The Hall–Kier alpha value is -2.30. The second-order valence-electron chi connectivity index (χ2n) is 3.32. The van der Waals surface area contributed by atoms with Gasteiger partial charge in [0.25, 0.3) is 0 Å². The van der Waals surface area contributed by atoms with Crippen molar-refractivity contribution < 1.29 is 19.5 Å². The lowest BCUT2D eigenvalue weighted by molar-refractivity contribution is 0.0696. The molecule has 82 valence electrons. The zero-order chi connectivity index (χ0) is 11.7. The van der Waals surface area contributed by atoms with Gasteiger partial charge in [0, 0.05) is 5.56 Å². The summed E-state index contributed by atoms with van der Waals surface area (Å²) >= 11 is 0. The van der Waals surface area contributed by atoms with Gasteiger partial charge >= 0.3 is 5.97 Å². The third-order valence-corrected chi connectivity index (χ3v) is 2.21. The van der Waals surface area contributed by atoms with Crippen LogP contribution in [0.15, 0.2) is 28.8 Å². The molecule has 0 aliphatic heterocycles. The average molecular weight is 219 g/mol. The van der Waals surface area contributed by atoms with Gasteiger partial charge in [-0.25, -0.2) is 4.79 Å². The first-order chi connectivity index (χ1) is 7.59. The SMILES string of the molecule is Cc1noc(-c2ccc(O)cc2)c1C(=O)O. The first-order valence-electron chi connectivity index (χ1n) is 4.58. The largest absolute Gasteiger partial charge is 0.508 e. The van der Waals surface area contributed by atoms with Gasteiger partial charge in [-0.3, -0.25) is 0 Å². The van der Waals surface area contributed by atoms with Crippen LogP contribution in [0.25, 0.3) is 11.3 Å². The van der Waals surface area contributed by atoms with Crippen LogP contribution >= 0.6 is 0 Å². The van der Waals surface area contributed by atoms with Crippen LogP contribution in [0.5, 0.6) is 5.75 Å². The smallest absolute Gasteiger partial charge is 0.341 e. The van der Waals surface area contributed by atoms with Crippen LogP contribution in [0.4, 0.5) is 0 Å². The van der Waals surface area contributed by atoms with Gasteiger partial charge in [0.15, 0.2) is 5.76 Å². The summed E-state index contributed by atoms with van der Waals surface area (Å²) in [5.74, 6) is -0.774. The van der Waals surface area contributed by atoms with Gasteiger partial charge in [0.05, 0.1) is 5.69 Å². The molecule has 1 aromatic carbocycles. The van der Waals surface area contributed by atoms with Gasteiger partial charge in [-0.1, -0.05) is 5.16 Å². The van der Waals surface area contributed by atoms with Crippen molar-refractivity contribution >= 4 is 5.97 Å². The predicted molar refractivity (Wildman–Crippen MR) is 55.3 cm³/mol. The number of nitrogens with zero attached hydrogens (tertiary/aromatic N) is 1. The minimum atomic E-state index is -1.08. The van der Waals surface area contributed by atoms with Crippen molar-refractivity contribution in [3.05, 3.63) is 35.5 Å². The van der Waals surface area contributed by atoms with E-state index in [9.17, 15) is 4.79 Å². The standard InChI is InChI=1S/C11H9NO4/c1-6-9(11(14)15)10(16-12-6)7-2-4-8(13)5-3-7/h2-5,13H,1H3,(H,14,15). The molecule has 0 aliphatic rings. The molecular formula is C11H9NO4. The first kappa shape index (κ1) is 10.2. The third-order valence-electron chi connectivity index (χ3n) is 2.21. The van der Waals surface area contributed by atoms with E-state index in [1.54, 1.807) is 19.1 Å². The van der Waals surface area contributed by atoms with Gasteiger partial charge in [-0.2, -0.15) is 0 Å². The van der Waals surface area contributed by atoms with E-state index in [4.69, 9.17) is 14.7 Å². The minimum Gasteiger partial charge on any atom is -0.508 e. The first-order valence-corrected chi connectivity index (χ1v) is 4.58. The highest BCUT2D eigenvalue weighted by molar-refractivity contribution is 5.95. The number of phenols is 1. The highest BCUT2D eigenvalue weighted by Gasteiger charge is 2.20. The lowest BCUT2D eigenvalue weighted by atomic mass is 10.1. The molecule has 0 saturated carbocycles. The summed E-state index contributed by atoms with van der Waals surface area (Å²) in [4.78, 5) is 11.0. The molecule has 0 aliphatic carbocycles. The van der Waals surface area contributed by atoms with Crippen molar-refractivity contribution in [3.8, 4) is 17.1 Å². The van der Waals surface area contributed by atoms with E-state index >= 15 is 0 Å².